The normalized spacial score (nSPS) is 9.30. The maximum Gasteiger partial charge on any atom is 0.292 e. The lowest BCUT2D eigenvalue weighted by molar-refractivity contribution is 0.494. The monoisotopic (exact) mass is 264 g/mol. The fraction of sp³-hybridized carbons (Fsp3) is 0.125. The number of nitriles is 2. The SMILES string of the molecule is N#COc1ccccc1CCc1ccccc1OC#N. The summed E-state index contributed by atoms with van der Waals surface area (Å²) in [5.74, 6) is 1.13. The first-order valence-corrected chi connectivity index (χ1v) is 6.13. The van der Waals surface area contributed by atoms with Gasteiger partial charge in [-0.3, -0.25) is 0 Å². The van der Waals surface area contributed by atoms with Crippen molar-refractivity contribution in [3.8, 4) is 24.0 Å². The Morgan fingerprint density at radius 1 is 0.700 bits per heavy atom. The molecule has 0 unspecified atom stereocenters. The molecular formula is C16H12N2O2. The molecule has 0 saturated heterocycles. The van der Waals surface area contributed by atoms with E-state index in [1.54, 1.807) is 24.6 Å². The van der Waals surface area contributed by atoms with Crippen LogP contribution in [0.3, 0.4) is 0 Å². The van der Waals surface area contributed by atoms with Crippen molar-refractivity contribution in [1.82, 2.24) is 0 Å². The molecule has 0 spiro atoms. The summed E-state index contributed by atoms with van der Waals surface area (Å²) in [6, 6.07) is 14.8. The molecule has 4 nitrogen and oxygen atoms in total. The van der Waals surface area contributed by atoms with Gasteiger partial charge in [0.2, 0.25) is 0 Å². The molecule has 2 aromatic rings. The van der Waals surface area contributed by atoms with Crippen LogP contribution in [0, 0.1) is 23.0 Å². The number of ether oxygens (including phenoxy) is 2. The van der Waals surface area contributed by atoms with Crippen LogP contribution in [0.25, 0.3) is 0 Å². The molecule has 0 atom stereocenters. The van der Waals surface area contributed by atoms with Crippen LogP contribution in [-0.4, -0.2) is 0 Å². The average molecular weight is 264 g/mol. The summed E-state index contributed by atoms with van der Waals surface area (Å²) in [6.07, 6.45) is 4.77. The van der Waals surface area contributed by atoms with Crippen molar-refractivity contribution in [3.63, 3.8) is 0 Å². The molecule has 0 aliphatic heterocycles. The Morgan fingerprint density at radius 3 is 1.50 bits per heavy atom. The minimum absolute atomic E-state index is 0.564. The number of para-hydroxylation sites is 2. The first kappa shape index (κ1) is 13.5. The van der Waals surface area contributed by atoms with Gasteiger partial charge in [0.1, 0.15) is 11.5 Å². The van der Waals surface area contributed by atoms with E-state index in [-0.39, 0.29) is 0 Å². The molecule has 0 aliphatic carbocycles. The van der Waals surface area contributed by atoms with E-state index in [9.17, 15) is 0 Å². The Morgan fingerprint density at radius 2 is 1.10 bits per heavy atom. The largest absolute Gasteiger partial charge is 0.388 e. The Balaban J connectivity index is 2.14. The summed E-state index contributed by atoms with van der Waals surface area (Å²) in [7, 11) is 0. The van der Waals surface area contributed by atoms with Crippen molar-refractivity contribution >= 4 is 0 Å². The van der Waals surface area contributed by atoms with E-state index in [1.165, 1.54) is 0 Å². The van der Waals surface area contributed by atoms with Crippen molar-refractivity contribution in [2.45, 2.75) is 12.8 Å². The molecule has 0 aliphatic rings. The van der Waals surface area contributed by atoms with E-state index in [0.29, 0.717) is 24.3 Å². The van der Waals surface area contributed by atoms with Crippen LogP contribution in [0.1, 0.15) is 11.1 Å². The minimum Gasteiger partial charge on any atom is -0.388 e. The molecule has 20 heavy (non-hydrogen) atoms. The number of hydrogen-bond acceptors (Lipinski definition) is 4. The van der Waals surface area contributed by atoms with Crippen LogP contribution < -0.4 is 9.47 Å². The third-order valence-corrected chi connectivity index (χ3v) is 2.92. The van der Waals surface area contributed by atoms with Crippen molar-refractivity contribution in [1.29, 1.82) is 10.5 Å². The van der Waals surface area contributed by atoms with Crippen LogP contribution in [0.5, 0.6) is 11.5 Å². The standard InChI is InChI=1S/C16H12N2O2/c17-11-19-15-7-3-1-5-13(15)9-10-14-6-2-4-8-16(14)20-12-18/h1-8H,9-10H2. The van der Waals surface area contributed by atoms with Gasteiger partial charge in [-0.05, 0) is 36.1 Å². The minimum atomic E-state index is 0.564. The topological polar surface area (TPSA) is 66.0 Å². The highest BCUT2D eigenvalue weighted by Crippen LogP contribution is 2.23. The van der Waals surface area contributed by atoms with E-state index >= 15 is 0 Å². The Kier molecular flexibility index (Phi) is 4.59. The van der Waals surface area contributed by atoms with Crippen molar-refractivity contribution in [2.75, 3.05) is 0 Å². The molecule has 0 radical (unpaired) electrons. The molecule has 4 heteroatoms. The van der Waals surface area contributed by atoms with E-state index < -0.39 is 0 Å². The lowest BCUT2D eigenvalue weighted by atomic mass is 10.0. The number of hydrogen-bond donors (Lipinski definition) is 0. The van der Waals surface area contributed by atoms with Crippen LogP contribution in [-0.2, 0) is 12.8 Å². The van der Waals surface area contributed by atoms with Crippen LogP contribution in [0.4, 0.5) is 0 Å². The van der Waals surface area contributed by atoms with Gasteiger partial charge in [0.15, 0.2) is 0 Å². The van der Waals surface area contributed by atoms with E-state index in [4.69, 9.17) is 20.0 Å². The lowest BCUT2D eigenvalue weighted by Gasteiger charge is -2.08. The quantitative estimate of drug-likeness (QED) is 0.778. The van der Waals surface area contributed by atoms with E-state index in [0.717, 1.165) is 11.1 Å². The molecular weight excluding hydrogens is 252 g/mol. The highest BCUT2D eigenvalue weighted by Gasteiger charge is 2.07. The number of benzene rings is 2. The molecule has 98 valence electrons. The second-order valence-electron chi connectivity index (χ2n) is 4.10. The Hall–Kier alpha value is -2.98. The summed E-state index contributed by atoms with van der Waals surface area (Å²) in [5, 5.41) is 17.2. The highest BCUT2D eigenvalue weighted by molar-refractivity contribution is 5.38. The molecule has 0 saturated carbocycles. The number of aryl methyl sites for hydroxylation is 2. The van der Waals surface area contributed by atoms with Gasteiger partial charge in [-0.25, -0.2) is 0 Å². The van der Waals surface area contributed by atoms with Gasteiger partial charge in [0, 0.05) is 0 Å². The highest BCUT2D eigenvalue weighted by atomic mass is 16.5. The maximum atomic E-state index is 8.62. The summed E-state index contributed by atoms with van der Waals surface area (Å²) in [6.45, 7) is 0. The average Bonchev–Trinajstić information content (AvgIpc) is 2.48. The predicted octanol–water partition coefficient (Wildman–Crippen LogP) is 3.19. The van der Waals surface area contributed by atoms with Gasteiger partial charge in [0.05, 0.1) is 0 Å². The number of rotatable bonds is 5. The van der Waals surface area contributed by atoms with Gasteiger partial charge < -0.3 is 9.47 Å². The van der Waals surface area contributed by atoms with E-state index in [1.807, 2.05) is 36.4 Å². The van der Waals surface area contributed by atoms with Crippen LogP contribution in [0.15, 0.2) is 48.5 Å². The van der Waals surface area contributed by atoms with Crippen LogP contribution in [0.2, 0.25) is 0 Å². The molecule has 0 N–H and O–H groups in total. The zero-order valence-corrected chi connectivity index (χ0v) is 10.7. The predicted molar refractivity (Wildman–Crippen MR) is 72.8 cm³/mol. The smallest absolute Gasteiger partial charge is 0.292 e. The Bertz CT molecular complexity index is 609. The molecule has 0 amide bonds. The molecule has 0 heterocycles. The number of nitrogens with zero attached hydrogens (tertiary/aromatic N) is 2. The fourth-order valence-electron chi connectivity index (χ4n) is 1.99. The maximum absolute atomic E-state index is 8.62. The van der Waals surface area contributed by atoms with Gasteiger partial charge >= 0.3 is 0 Å². The first-order chi connectivity index (χ1) is 9.85. The Labute approximate surface area is 117 Å². The van der Waals surface area contributed by atoms with Gasteiger partial charge in [-0.2, -0.15) is 0 Å². The van der Waals surface area contributed by atoms with Crippen molar-refractivity contribution < 1.29 is 9.47 Å². The van der Waals surface area contributed by atoms with E-state index in [2.05, 4.69) is 0 Å². The molecule has 2 rings (SSSR count). The summed E-state index contributed by atoms with van der Waals surface area (Å²) >= 11 is 0. The summed E-state index contributed by atoms with van der Waals surface area (Å²) < 4.78 is 9.85. The lowest BCUT2D eigenvalue weighted by Crippen LogP contribution is -1.97. The first-order valence-electron chi connectivity index (χ1n) is 6.13. The molecule has 0 aromatic heterocycles. The van der Waals surface area contributed by atoms with Gasteiger partial charge in [0.25, 0.3) is 12.5 Å². The second kappa shape index (κ2) is 6.82. The third kappa shape index (κ3) is 3.28. The summed E-state index contributed by atoms with van der Waals surface area (Å²) in [4.78, 5) is 0. The van der Waals surface area contributed by atoms with Crippen molar-refractivity contribution in [2.24, 2.45) is 0 Å². The van der Waals surface area contributed by atoms with Gasteiger partial charge in [-0.15, -0.1) is 10.5 Å². The second-order valence-corrected chi connectivity index (χ2v) is 4.10. The zero-order valence-electron chi connectivity index (χ0n) is 10.7. The molecule has 0 fully saturated rings. The fourth-order valence-corrected chi connectivity index (χ4v) is 1.99. The zero-order chi connectivity index (χ0) is 14.2. The van der Waals surface area contributed by atoms with Crippen molar-refractivity contribution in [3.05, 3.63) is 59.7 Å². The third-order valence-electron chi connectivity index (χ3n) is 2.92. The summed E-state index contributed by atoms with van der Waals surface area (Å²) in [5.41, 5.74) is 1.89. The molecule has 2 aromatic carbocycles. The van der Waals surface area contributed by atoms with Gasteiger partial charge in [-0.1, -0.05) is 36.4 Å². The molecule has 0 bridgehead atoms. The van der Waals surface area contributed by atoms with Crippen LogP contribution >= 0.6 is 0 Å².